The monoisotopic (exact) mass is 245 g/mol. The quantitative estimate of drug-likeness (QED) is 0.867. The Morgan fingerprint density at radius 1 is 1.39 bits per heavy atom. The summed E-state index contributed by atoms with van der Waals surface area (Å²) in [7, 11) is 1.95. The molecule has 0 saturated heterocycles. The minimum Gasteiger partial charge on any atom is -0.311 e. The van der Waals surface area contributed by atoms with Crippen molar-refractivity contribution in [2.75, 3.05) is 7.05 Å². The van der Waals surface area contributed by atoms with Crippen LogP contribution in [0.25, 0.3) is 0 Å². The molecule has 0 bridgehead atoms. The Morgan fingerprint density at radius 2 is 2.22 bits per heavy atom. The molecule has 5 nitrogen and oxygen atoms in total. The zero-order valence-corrected chi connectivity index (χ0v) is 11.1. The average Bonchev–Trinajstić information content (AvgIpc) is 2.83. The van der Waals surface area contributed by atoms with Crippen molar-refractivity contribution in [2.24, 2.45) is 0 Å². The van der Waals surface area contributed by atoms with Gasteiger partial charge in [0.05, 0.1) is 11.7 Å². The van der Waals surface area contributed by atoms with Gasteiger partial charge in [-0.15, -0.1) is 0 Å². The third kappa shape index (κ3) is 2.73. The van der Waals surface area contributed by atoms with Crippen LogP contribution in [0.2, 0.25) is 0 Å². The highest BCUT2D eigenvalue weighted by Gasteiger charge is 2.15. The van der Waals surface area contributed by atoms with E-state index in [1.54, 1.807) is 6.33 Å². The van der Waals surface area contributed by atoms with Crippen LogP contribution in [0.5, 0.6) is 0 Å². The molecule has 2 aromatic rings. The van der Waals surface area contributed by atoms with E-state index < -0.39 is 0 Å². The molecule has 5 heteroatoms. The first-order valence-corrected chi connectivity index (χ1v) is 6.21. The van der Waals surface area contributed by atoms with E-state index in [2.05, 4.69) is 40.3 Å². The molecule has 0 aliphatic heterocycles. The second-order valence-corrected chi connectivity index (χ2v) is 4.30. The van der Waals surface area contributed by atoms with Gasteiger partial charge in [0.25, 0.3) is 0 Å². The molecule has 18 heavy (non-hydrogen) atoms. The first-order valence-electron chi connectivity index (χ1n) is 6.21. The van der Waals surface area contributed by atoms with Gasteiger partial charge in [-0.25, -0.2) is 4.98 Å². The molecule has 96 valence electrons. The molecule has 0 aliphatic carbocycles. The molecule has 0 spiro atoms. The van der Waals surface area contributed by atoms with Crippen molar-refractivity contribution in [3.63, 3.8) is 0 Å². The molecule has 2 aromatic heterocycles. The van der Waals surface area contributed by atoms with Crippen molar-refractivity contribution < 1.29 is 0 Å². The summed E-state index contributed by atoms with van der Waals surface area (Å²) in [6, 6.07) is 4.28. The Hall–Kier alpha value is -1.75. The van der Waals surface area contributed by atoms with E-state index in [9.17, 15) is 0 Å². The van der Waals surface area contributed by atoms with Crippen LogP contribution in [0, 0.1) is 6.92 Å². The summed E-state index contributed by atoms with van der Waals surface area (Å²) in [5, 5.41) is 7.48. The van der Waals surface area contributed by atoms with E-state index in [4.69, 9.17) is 0 Å². The molecule has 0 amide bonds. The third-order valence-corrected chi connectivity index (χ3v) is 3.02. The molecule has 2 heterocycles. The minimum atomic E-state index is 0.166. The van der Waals surface area contributed by atoms with Crippen molar-refractivity contribution in [2.45, 2.75) is 32.9 Å². The number of aryl methyl sites for hydroxylation is 2. The van der Waals surface area contributed by atoms with Crippen LogP contribution in [-0.2, 0) is 13.0 Å². The van der Waals surface area contributed by atoms with E-state index in [0.717, 1.165) is 24.5 Å². The maximum atomic E-state index is 4.43. The Balaban J connectivity index is 2.20. The number of hydrogen-bond donors (Lipinski definition) is 1. The number of pyridine rings is 1. The van der Waals surface area contributed by atoms with Crippen LogP contribution in [0.15, 0.2) is 24.7 Å². The first kappa shape index (κ1) is 12.7. The number of nitrogens with zero attached hydrogens (tertiary/aromatic N) is 4. The van der Waals surface area contributed by atoms with Crippen molar-refractivity contribution in [3.05, 3.63) is 41.7 Å². The Labute approximate surface area is 107 Å². The molecule has 1 atom stereocenters. The third-order valence-electron chi connectivity index (χ3n) is 3.02. The lowest BCUT2D eigenvalue weighted by molar-refractivity contribution is 0.524. The van der Waals surface area contributed by atoms with E-state index in [0.29, 0.717) is 0 Å². The summed E-state index contributed by atoms with van der Waals surface area (Å²) in [6.45, 7) is 4.98. The van der Waals surface area contributed by atoms with E-state index in [-0.39, 0.29) is 6.04 Å². The van der Waals surface area contributed by atoms with Gasteiger partial charge in [-0.05, 0) is 38.6 Å². The van der Waals surface area contributed by atoms with Gasteiger partial charge in [0.2, 0.25) is 0 Å². The predicted octanol–water partition coefficient (Wildman–Crippen LogP) is 1.50. The zero-order valence-electron chi connectivity index (χ0n) is 11.1. The molecule has 2 rings (SSSR count). The fraction of sp³-hybridized carbons (Fsp3) is 0.462. The van der Waals surface area contributed by atoms with Gasteiger partial charge in [0.15, 0.2) is 0 Å². The summed E-state index contributed by atoms with van der Waals surface area (Å²) < 4.78 is 1.92. The fourth-order valence-electron chi connectivity index (χ4n) is 2.00. The molecule has 1 N–H and O–H groups in total. The Morgan fingerprint density at radius 3 is 2.89 bits per heavy atom. The summed E-state index contributed by atoms with van der Waals surface area (Å²) in [5.41, 5.74) is 2.26. The predicted molar refractivity (Wildman–Crippen MR) is 70.2 cm³/mol. The molecule has 0 saturated carbocycles. The fourth-order valence-corrected chi connectivity index (χ4v) is 2.00. The van der Waals surface area contributed by atoms with Crippen LogP contribution in [0.4, 0.5) is 0 Å². The number of hydrogen-bond acceptors (Lipinski definition) is 4. The topological polar surface area (TPSA) is 55.6 Å². The largest absolute Gasteiger partial charge is 0.311 e. The van der Waals surface area contributed by atoms with Crippen molar-refractivity contribution in [1.29, 1.82) is 0 Å². The van der Waals surface area contributed by atoms with Gasteiger partial charge >= 0.3 is 0 Å². The zero-order chi connectivity index (χ0) is 13.0. The van der Waals surface area contributed by atoms with Gasteiger partial charge in [-0.2, -0.15) is 5.10 Å². The van der Waals surface area contributed by atoms with Crippen LogP contribution in [0.3, 0.4) is 0 Å². The maximum absolute atomic E-state index is 4.43. The molecule has 0 fully saturated rings. The van der Waals surface area contributed by atoms with Gasteiger partial charge in [-0.3, -0.25) is 9.67 Å². The van der Waals surface area contributed by atoms with Crippen molar-refractivity contribution >= 4 is 0 Å². The van der Waals surface area contributed by atoms with Gasteiger partial charge in [-0.1, -0.05) is 0 Å². The maximum Gasteiger partial charge on any atom is 0.138 e. The number of rotatable bonds is 5. The van der Waals surface area contributed by atoms with Crippen LogP contribution in [0.1, 0.15) is 30.0 Å². The lowest BCUT2D eigenvalue weighted by Gasteiger charge is -2.15. The standard InChI is InChI=1S/C13H19N5/c1-4-18-13(16-9-17-18)8-11(14-3)12-7-10(2)5-6-15-12/h5-7,9,11,14H,4,8H2,1-3H3. The molecular formula is C13H19N5. The second-order valence-electron chi connectivity index (χ2n) is 4.30. The number of nitrogens with one attached hydrogen (secondary N) is 1. The Bertz CT molecular complexity index is 506. The highest BCUT2D eigenvalue weighted by molar-refractivity contribution is 5.18. The van der Waals surface area contributed by atoms with E-state index in [1.165, 1.54) is 5.56 Å². The van der Waals surface area contributed by atoms with Crippen molar-refractivity contribution in [3.8, 4) is 0 Å². The summed E-state index contributed by atoms with van der Waals surface area (Å²) in [4.78, 5) is 8.73. The first-order chi connectivity index (χ1) is 8.74. The molecule has 1 unspecified atom stereocenters. The second kappa shape index (κ2) is 5.73. The smallest absolute Gasteiger partial charge is 0.138 e. The van der Waals surface area contributed by atoms with Crippen LogP contribution < -0.4 is 5.32 Å². The van der Waals surface area contributed by atoms with Crippen molar-refractivity contribution in [1.82, 2.24) is 25.1 Å². The summed E-state index contributed by atoms with van der Waals surface area (Å²) in [6.07, 6.45) is 4.25. The van der Waals surface area contributed by atoms with E-state index in [1.807, 2.05) is 24.0 Å². The Kier molecular flexibility index (Phi) is 4.04. The molecule has 0 aromatic carbocycles. The summed E-state index contributed by atoms with van der Waals surface area (Å²) >= 11 is 0. The van der Waals surface area contributed by atoms with Gasteiger partial charge in [0.1, 0.15) is 12.2 Å². The molecule has 0 radical (unpaired) electrons. The number of likely N-dealkylation sites (N-methyl/N-ethyl adjacent to an activating group) is 1. The SMILES string of the molecule is CCn1ncnc1CC(NC)c1cc(C)ccn1. The van der Waals surface area contributed by atoms with E-state index >= 15 is 0 Å². The average molecular weight is 245 g/mol. The highest BCUT2D eigenvalue weighted by Crippen LogP contribution is 2.15. The summed E-state index contributed by atoms with van der Waals surface area (Å²) in [5.74, 6) is 0.986. The van der Waals surface area contributed by atoms with Crippen LogP contribution >= 0.6 is 0 Å². The van der Waals surface area contributed by atoms with Gasteiger partial charge in [0, 0.05) is 19.2 Å². The lowest BCUT2D eigenvalue weighted by atomic mass is 10.1. The highest BCUT2D eigenvalue weighted by atomic mass is 15.3. The minimum absolute atomic E-state index is 0.166. The number of aromatic nitrogens is 4. The molecule has 0 aliphatic rings. The molecular weight excluding hydrogens is 226 g/mol. The lowest BCUT2D eigenvalue weighted by Crippen LogP contribution is -2.22. The van der Waals surface area contributed by atoms with Gasteiger partial charge < -0.3 is 5.32 Å². The van der Waals surface area contributed by atoms with Crippen LogP contribution in [-0.4, -0.2) is 26.8 Å². The normalized spacial score (nSPS) is 12.6.